The first-order chi connectivity index (χ1) is 5.16. The normalized spacial score (nSPS) is 32.3. The van der Waals surface area contributed by atoms with Crippen LogP contribution in [0.3, 0.4) is 0 Å². The highest BCUT2D eigenvalue weighted by atomic mass is 16.2. The summed E-state index contributed by atoms with van der Waals surface area (Å²) >= 11 is 0. The van der Waals surface area contributed by atoms with Crippen LogP contribution in [0.15, 0.2) is 0 Å². The highest BCUT2D eigenvalue weighted by Crippen LogP contribution is 2.49. The van der Waals surface area contributed by atoms with Crippen LogP contribution in [-0.2, 0) is 9.59 Å². The summed E-state index contributed by atoms with van der Waals surface area (Å²) in [4.78, 5) is 19.8. The van der Waals surface area contributed by atoms with E-state index in [0.29, 0.717) is 5.92 Å². The van der Waals surface area contributed by atoms with Crippen molar-refractivity contribution in [2.75, 3.05) is 0 Å². The molecule has 0 amide bonds. The molecule has 1 aliphatic rings. The molecule has 1 saturated carbocycles. The van der Waals surface area contributed by atoms with E-state index >= 15 is 0 Å². The van der Waals surface area contributed by atoms with Gasteiger partial charge in [-0.15, -0.1) is 0 Å². The largest absolute Gasteiger partial charge is 0.373 e. The molecule has 0 aromatic rings. The fraction of sp³-hybridized carbons (Fsp3) is 0.750. The van der Waals surface area contributed by atoms with Crippen LogP contribution in [-0.4, -0.2) is 11.7 Å². The fourth-order valence-corrected chi connectivity index (χ4v) is 1.20. The van der Waals surface area contributed by atoms with Crippen molar-refractivity contribution in [3.05, 3.63) is 11.4 Å². The van der Waals surface area contributed by atoms with Gasteiger partial charge in [-0.1, -0.05) is 13.8 Å². The second-order valence-electron chi connectivity index (χ2n) is 2.76. The van der Waals surface area contributed by atoms with E-state index in [0.717, 1.165) is 12.8 Å². The lowest BCUT2D eigenvalue weighted by atomic mass is 10.2. The van der Waals surface area contributed by atoms with Gasteiger partial charge in [0.2, 0.25) is 5.54 Å². The Bertz CT molecular complexity index is 197. The maximum atomic E-state index is 8.12. The van der Waals surface area contributed by atoms with Gasteiger partial charge >= 0.3 is 6.15 Å². The van der Waals surface area contributed by atoms with Crippen LogP contribution in [0.1, 0.15) is 26.7 Å². The van der Waals surface area contributed by atoms with E-state index in [1.54, 1.807) is 0 Å². The van der Waals surface area contributed by atoms with Crippen LogP contribution in [0.25, 0.3) is 4.85 Å². The van der Waals surface area contributed by atoms with Crippen molar-refractivity contribution in [3.63, 3.8) is 0 Å². The predicted molar refractivity (Wildman–Crippen MR) is 38.4 cm³/mol. The molecule has 0 N–H and O–H groups in total. The van der Waals surface area contributed by atoms with Crippen molar-refractivity contribution < 1.29 is 9.59 Å². The average Bonchev–Trinajstić information content (AvgIpc) is 2.64. The van der Waals surface area contributed by atoms with Crippen molar-refractivity contribution >= 4 is 6.15 Å². The highest BCUT2D eigenvalue weighted by molar-refractivity contribution is 5.20. The Morgan fingerprint density at radius 1 is 1.73 bits per heavy atom. The summed E-state index contributed by atoms with van der Waals surface area (Å²) in [5.41, 5.74) is 0.0833. The SMILES string of the molecule is O=C=O.[C-]#[N+]C1(CC)CC1C. The molecule has 0 radical (unpaired) electrons. The molecule has 1 aliphatic carbocycles. The molecule has 0 heterocycles. The van der Waals surface area contributed by atoms with Crippen LogP contribution in [0.5, 0.6) is 0 Å². The molecular weight excluding hydrogens is 142 g/mol. The van der Waals surface area contributed by atoms with Gasteiger partial charge in [-0.25, -0.2) is 6.57 Å². The molecule has 3 heteroatoms. The van der Waals surface area contributed by atoms with Crippen molar-refractivity contribution in [1.29, 1.82) is 0 Å². The molecule has 0 aromatic carbocycles. The number of rotatable bonds is 1. The Morgan fingerprint density at radius 2 is 2.09 bits per heavy atom. The zero-order chi connectivity index (χ0) is 8.91. The molecule has 2 unspecified atom stereocenters. The monoisotopic (exact) mass is 153 g/mol. The van der Waals surface area contributed by atoms with Gasteiger partial charge in [0.15, 0.2) is 0 Å². The molecule has 0 spiro atoms. The van der Waals surface area contributed by atoms with Gasteiger partial charge in [0.25, 0.3) is 0 Å². The molecule has 2 atom stereocenters. The van der Waals surface area contributed by atoms with E-state index < -0.39 is 0 Å². The van der Waals surface area contributed by atoms with E-state index in [1.165, 1.54) is 0 Å². The molecule has 0 aromatic heterocycles. The van der Waals surface area contributed by atoms with Crippen LogP contribution in [0, 0.1) is 12.5 Å². The third-order valence-corrected chi connectivity index (χ3v) is 2.25. The zero-order valence-corrected chi connectivity index (χ0v) is 6.76. The van der Waals surface area contributed by atoms with Crippen LogP contribution >= 0.6 is 0 Å². The summed E-state index contributed by atoms with van der Waals surface area (Å²) in [5.74, 6) is 0.671. The first kappa shape index (κ1) is 9.87. The highest BCUT2D eigenvalue weighted by Gasteiger charge is 2.57. The maximum Gasteiger partial charge on any atom is 0.373 e. The topological polar surface area (TPSA) is 38.5 Å². The molecule has 11 heavy (non-hydrogen) atoms. The number of carbonyl (C=O) groups excluding carboxylic acids is 2. The summed E-state index contributed by atoms with van der Waals surface area (Å²) in [6.45, 7) is 11.1. The smallest absolute Gasteiger partial charge is 0.310 e. The lowest BCUT2D eigenvalue weighted by molar-refractivity contribution is -0.191. The summed E-state index contributed by atoms with van der Waals surface area (Å²) in [6, 6.07) is 0. The lowest BCUT2D eigenvalue weighted by Gasteiger charge is -1.93. The minimum absolute atomic E-state index is 0.0833. The lowest BCUT2D eigenvalue weighted by Crippen LogP contribution is -2.00. The third kappa shape index (κ3) is 2.18. The Hall–Kier alpha value is -1.13. The van der Waals surface area contributed by atoms with Crippen molar-refractivity contribution in [2.45, 2.75) is 32.2 Å². The summed E-state index contributed by atoms with van der Waals surface area (Å²) in [7, 11) is 0. The molecular formula is C8H11NO2. The van der Waals surface area contributed by atoms with Gasteiger partial charge in [-0.05, 0) is 0 Å². The molecule has 1 rings (SSSR count). The summed E-state index contributed by atoms with van der Waals surface area (Å²) in [6.07, 6.45) is 2.42. The van der Waals surface area contributed by atoms with Gasteiger partial charge in [-0.2, -0.15) is 9.59 Å². The summed E-state index contributed by atoms with van der Waals surface area (Å²) in [5, 5.41) is 0. The van der Waals surface area contributed by atoms with Gasteiger partial charge in [0.1, 0.15) is 0 Å². The molecule has 0 aliphatic heterocycles. The quantitative estimate of drug-likeness (QED) is 0.535. The Kier molecular flexibility index (Phi) is 3.50. The van der Waals surface area contributed by atoms with E-state index in [9.17, 15) is 0 Å². The third-order valence-electron chi connectivity index (χ3n) is 2.25. The van der Waals surface area contributed by atoms with Crippen LogP contribution in [0.2, 0.25) is 0 Å². The first-order valence-electron chi connectivity index (χ1n) is 3.54. The zero-order valence-electron chi connectivity index (χ0n) is 6.76. The minimum Gasteiger partial charge on any atom is -0.310 e. The maximum absolute atomic E-state index is 8.12. The van der Waals surface area contributed by atoms with Crippen LogP contribution < -0.4 is 0 Å². The van der Waals surface area contributed by atoms with Crippen LogP contribution in [0.4, 0.5) is 0 Å². The van der Waals surface area contributed by atoms with E-state index in [1.807, 2.05) is 0 Å². The van der Waals surface area contributed by atoms with Crippen molar-refractivity contribution in [2.24, 2.45) is 5.92 Å². The number of hydrogen-bond donors (Lipinski definition) is 0. The van der Waals surface area contributed by atoms with Crippen molar-refractivity contribution in [3.8, 4) is 0 Å². The van der Waals surface area contributed by atoms with E-state index in [-0.39, 0.29) is 11.7 Å². The fourth-order valence-electron chi connectivity index (χ4n) is 1.20. The molecule has 1 fully saturated rings. The predicted octanol–water partition coefficient (Wildman–Crippen LogP) is 1.51. The van der Waals surface area contributed by atoms with E-state index in [2.05, 4.69) is 18.7 Å². The summed E-state index contributed by atoms with van der Waals surface area (Å²) < 4.78 is 0. The number of nitrogens with zero attached hydrogens (tertiary/aromatic N) is 1. The van der Waals surface area contributed by atoms with Gasteiger partial charge in [0, 0.05) is 18.8 Å². The Morgan fingerprint density at radius 3 is 2.09 bits per heavy atom. The Balaban J connectivity index is 0.000000292. The second kappa shape index (κ2) is 3.90. The van der Waals surface area contributed by atoms with Gasteiger partial charge in [0.05, 0.1) is 0 Å². The van der Waals surface area contributed by atoms with E-state index in [4.69, 9.17) is 16.2 Å². The average molecular weight is 153 g/mol. The Labute approximate surface area is 66.2 Å². The standard InChI is InChI=1S/C7H11N.CO2/c1-4-7(8-3)5-6(7)2;2-1-3/h6H,4-5H2,1-2H3;. The molecule has 3 nitrogen and oxygen atoms in total. The molecule has 0 saturated heterocycles. The number of hydrogen-bond acceptors (Lipinski definition) is 2. The molecule has 60 valence electrons. The van der Waals surface area contributed by atoms with Crippen molar-refractivity contribution in [1.82, 2.24) is 0 Å². The van der Waals surface area contributed by atoms with Gasteiger partial charge < -0.3 is 4.85 Å². The molecule has 0 bridgehead atoms. The minimum atomic E-state index is 0.0833. The second-order valence-corrected chi connectivity index (χ2v) is 2.76. The first-order valence-corrected chi connectivity index (χ1v) is 3.54. The van der Waals surface area contributed by atoms with Gasteiger partial charge in [-0.3, -0.25) is 0 Å².